The largest absolute Gasteiger partial charge is 0.459 e. The average Bonchev–Trinajstić information content (AvgIpc) is 2.67. The SMILES string of the molecule is O=C(OC[C@H]1COS(=O)(=O)O1)c1ccccc1. The van der Waals surface area contributed by atoms with Crippen molar-refractivity contribution in [3.8, 4) is 0 Å². The molecule has 0 N–H and O–H groups in total. The maximum atomic E-state index is 11.5. The maximum absolute atomic E-state index is 11.5. The topological polar surface area (TPSA) is 78.9 Å². The van der Waals surface area contributed by atoms with Crippen LogP contribution in [0.15, 0.2) is 30.3 Å². The minimum absolute atomic E-state index is 0.135. The van der Waals surface area contributed by atoms with Gasteiger partial charge in [-0.2, -0.15) is 8.42 Å². The Balaban J connectivity index is 1.86. The summed E-state index contributed by atoms with van der Waals surface area (Å²) in [5, 5.41) is 0. The van der Waals surface area contributed by atoms with E-state index in [1.54, 1.807) is 30.3 Å². The molecule has 1 heterocycles. The van der Waals surface area contributed by atoms with E-state index in [0.717, 1.165) is 0 Å². The summed E-state index contributed by atoms with van der Waals surface area (Å²) in [7, 11) is -3.90. The second-order valence-electron chi connectivity index (χ2n) is 3.38. The van der Waals surface area contributed by atoms with Crippen molar-refractivity contribution >= 4 is 16.4 Å². The van der Waals surface area contributed by atoms with Gasteiger partial charge in [-0.15, -0.1) is 0 Å². The van der Waals surface area contributed by atoms with E-state index in [2.05, 4.69) is 8.37 Å². The molecule has 1 saturated heterocycles. The number of hydrogen-bond donors (Lipinski definition) is 0. The molecule has 0 unspecified atom stereocenters. The van der Waals surface area contributed by atoms with E-state index < -0.39 is 22.5 Å². The lowest BCUT2D eigenvalue weighted by Gasteiger charge is -2.07. The van der Waals surface area contributed by atoms with Gasteiger partial charge < -0.3 is 4.74 Å². The van der Waals surface area contributed by atoms with Crippen LogP contribution in [0.25, 0.3) is 0 Å². The number of esters is 1. The third kappa shape index (κ3) is 3.26. The predicted molar refractivity (Wildman–Crippen MR) is 56.5 cm³/mol. The highest BCUT2D eigenvalue weighted by Gasteiger charge is 2.30. The lowest BCUT2D eigenvalue weighted by Crippen LogP contribution is -2.20. The van der Waals surface area contributed by atoms with Gasteiger partial charge in [-0.1, -0.05) is 18.2 Å². The van der Waals surface area contributed by atoms with E-state index in [-0.39, 0.29) is 13.2 Å². The van der Waals surface area contributed by atoms with Gasteiger partial charge in [0.15, 0.2) is 0 Å². The van der Waals surface area contributed by atoms with Crippen molar-refractivity contribution in [2.45, 2.75) is 6.10 Å². The molecule has 0 aromatic heterocycles. The zero-order chi connectivity index (χ0) is 12.3. The van der Waals surface area contributed by atoms with Gasteiger partial charge in [0.25, 0.3) is 0 Å². The summed E-state index contributed by atoms with van der Waals surface area (Å²) in [6, 6.07) is 8.39. The number of benzene rings is 1. The molecule has 0 radical (unpaired) electrons. The van der Waals surface area contributed by atoms with Gasteiger partial charge in [-0.05, 0) is 12.1 Å². The van der Waals surface area contributed by atoms with Gasteiger partial charge in [0, 0.05) is 0 Å². The van der Waals surface area contributed by atoms with Crippen molar-refractivity contribution in [3.05, 3.63) is 35.9 Å². The lowest BCUT2D eigenvalue weighted by atomic mass is 10.2. The van der Waals surface area contributed by atoms with Crippen LogP contribution >= 0.6 is 0 Å². The molecule has 1 atom stereocenters. The minimum Gasteiger partial charge on any atom is -0.459 e. The first-order chi connectivity index (χ1) is 8.07. The normalized spacial score (nSPS) is 22.2. The van der Waals surface area contributed by atoms with E-state index in [4.69, 9.17) is 4.74 Å². The zero-order valence-corrected chi connectivity index (χ0v) is 9.55. The Labute approximate surface area is 98.4 Å². The Hall–Kier alpha value is -1.44. The molecule has 1 aliphatic rings. The highest BCUT2D eigenvalue weighted by atomic mass is 32.3. The van der Waals surface area contributed by atoms with Crippen molar-refractivity contribution in [2.75, 3.05) is 13.2 Å². The summed E-state index contributed by atoms with van der Waals surface area (Å²) < 4.78 is 35.3. The molecule has 0 spiro atoms. The zero-order valence-electron chi connectivity index (χ0n) is 8.74. The molecule has 1 aliphatic heterocycles. The van der Waals surface area contributed by atoms with Crippen LogP contribution in [-0.4, -0.2) is 33.7 Å². The number of rotatable bonds is 3. The first-order valence-electron chi connectivity index (χ1n) is 4.87. The summed E-state index contributed by atoms with van der Waals surface area (Å²) in [5.41, 5.74) is 0.397. The van der Waals surface area contributed by atoms with Crippen LogP contribution in [0.2, 0.25) is 0 Å². The Morgan fingerprint density at radius 3 is 2.65 bits per heavy atom. The van der Waals surface area contributed by atoms with Gasteiger partial charge in [-0.25, -0.2) is 13.2 Å². The maximum Gasteiger partial charge on any atom is 0.400 e. The first-order valence-corrected chi connectivity index (χ1v) is 6.20. The smallest absolute Gasteiger partial charge is 0.400 e. The molecular weight excluding hydrogens is 248 g/mol. The van der Waals surface area contributed by atoms with Crippen molar-refractivity contribution in [1.82, 2.24) is 0 Å². The van der Waals surface area contributed by atoms with Gasteiger partial charge in [0.05, 0.1) is 12.2 Å². The number of hydrogen-bond acceptors (Lipinski definition) is 6. The molecule has 0 bridgehead atoms. The molecule has 1 fully saturated rings. The van der Waals surface area contributed by atoms with Crippen LogP contribution in [0.3, 0.4) is 0 Å². The highest BCUT2D eigenvalue weighted by molar-refractivity contribution is 7.82. The second kappa shape index (κ2) is 4.82. The van der Waals surface area contributed by atoms with Gasteiger partial charge in [0.1, 0.15) is 12.7 Å². The molecule has 0 amide bonds. The minimum atomic E-state index is -3.90. The monoisotopic (exact) mass is 258 g/mol. The molecule has 0 saturated carbocycles. The summed E-state index contributed by atoms with van der Waals surface area (Å²) >= 11 is 0. The van der Waals surface area contributed by atoms with Gasteiger partial charge >= 0.3 is 16.4 Å². The third-order valence-electron chi connectivity index (χ3n) is 2.06. The average molecular weight is 258 g/mol. The van der Waals surface area contributed by atoms with E-state index in [1.807, 2.05) is 0 Å². The van der Waals surface area contributed by atoms with Crippen LogP contribution in [0, 0.1) is 0 Å². The third-order valence-corrected chi connectivity index (χ3v) is 2.99. The van der Waals surface area contributed by atoms with Crippen molar-refractivity contribution < 1.29 is 26.3 Å². The summed E-state index contributed by atoms with van der Waals surface area (Å²) in [5.74, 6) is -0.529. The Morgan fingerprint density at radius 1 is 1.35 bits per heavy atom. The second-order valence-corrected chi connectivity index (χ2v) is 4.62. The summed E-state index contributed by atoms with van der Waals surface area (Å²) in [6.07, 6.45) is -0.771. The predicted octanol–water partition coefficient (Wildman–Crippen LogP) is 0.504. The molecular formula is C10H10O6S. The lowest BCUT2D eigenvalue weighted by molar-refractivity contribution is 0.0346. The quantitative estimate of drug-likeness (QED) is 0.735. The molecule has 6 nitrogen and oxygen atoms in total. The molecule has 1 aromatic carbocycles. The molecule has 2 rings (SSSR count). The van der Waals surface area contributed by atoms with Crippen LogP contribution in [0.1, 0.15) is 10.4 Å². The van der Waals surface area contributed by atoms with Gasteiger partial charge in [0.2, 0.25) is 0 Å². The molecule has 1 aromatic rings. The Kier molecular flexibility index (Phi) is 3.41. The Bertz CT molecular complexity index is 495. The van der Waals surface area contributed by atoms with Crippen molar-refractivity contribution in [3.63, 3.8) is 0 Å². The fraction of sp³-hybridized carbons (Fsp3) is 0.300. The van der Waals surface area contributed by atoms with Crippen LogP contribution < -0.4 is 0 Å². The van der Waals surface area contributed by atoms with Crippen LogP contribution in [-0.2, 0) is 23.5 Å². The number of carbonyl (C=O) groups is 1. The standard InChI is InChI=1S/C10H10O6S/c11-10(8-4-2-1-3-5-8)14-6-9-7-15-17(12,13)16-9/h1-5,9H,6-7H2/t9-/m0/s1. The molecule has 92 valence electrons. The van der Waals surface area contributed by atoms with Gasteiger partial charge in [-0.3, -0.25) is 0 Å². The van der Waals surface area contributed by atoms with Crippen LogP contribution in [0.5, 0.6) is 0 Å². The van der Waals surface area contributed by atoms with Crippen molar-refractivity contribution in [2.24, 2.45) is 0 Å². The fourth-order valence-corrected chi connectivity index (χ4v) is 2.10. The van der Waals surface area contributed by atoms with E-state index in [0.29, 0.717) is 5.56 Å². The Morgan fingerprint density at radius 2 is 2.06 bits per heavy atom. The number of ether oxygens (including phenoxy) is 1. The highest BCUT2D eigenvalue weighted by Crippen LogP contribution is 2.13. The summed E-state index contributed by atoms with van der Waals surface area (Å²) in [4.78, 5) is 11.5. The van der Waals surface area contributed by atoms with Crippen LogP contribution in [0.4, 0.5) is 0 Å². The van der Waals surface area contributed by atoms with E-state index in [9.17, 15) is 13.2 Å². The number of carbonyl (C=O) groups excluding carboxylic acids is 1. The molecule has 0 aliphatic carbocycles. The molecule has 17 heavy (non-hydrogen) atoms. The van der Waals surface area contributed by atoms with Crippen molar-refractivity contribution in [1.29, 1.82) is 0 Å². The first kappa shape index (κ1) is 12.0. The van der Waals surface area contributed by atoms with E-state index >= 15 is 0 Å². The summed E-state index contributed by atoms with van der Waals surface area (Å²) in [6.45, 7) is -0.294. The molecule has 7 heteroatoms. The van der Waals surface area contributed by atoms with E-state index in [1.165, 1.54) is 0 Å². The fourth-order valence-electron chi connectivity index (χ4n) is 1.28.